The summed E-state index contributed by atoms with van der Waals surface area (Å²) < 4.78 is 22.3. The molecule has 40 heavy (non-hydrogen) atoms. The van der Waals surface area contributed by atoms with Crippen molar-refractivity contribution in [3.8, 4) is 17.0 Å². The van der Waals surface area contributed by atoms with Crippen LogP contribution in [0.25, 0.3) is 22.3 Å². The first kappa shape index (κ1) is 25.6. The number of aryl methyl sites for hydroxylation is 1. The van der Waals surface area contributed by atoms with Crippen LogP contribution in [0.15, 0.2) is 66.7 Å². The molecule has 6 rings (SSSR count). The van der Waals surface area contributed by atoms with Crippen molar-refractivity contribution in [2.24, 2.45) is 0 Å². The van der Waals surface area contributed by atoms with Crippen LogP contribution in [0.1, 0.15) is 16.7 Å². The Bertz CT molecular complexity index is 1680. The molecule has 1 fully saturated rings. The largest absolute Gasteiger partial charge is 0.497 e. The fourth-order valence-electron chi connectivity index (χ4n) is 5.30. The van der Waals surface area contributed by atoms with Crippen LogP contribution in [-0.2, 0) is 6.54 Å². The summed E-state index contributed by atoms with van der Waals surface area (Å²) in [6.45, 7) is 7.87. The van der Waals surface area contributed by atoms with E-state index in [-0.39, 0.29) is 0 Å². The minimum absolute atomic E-state index is 0.328. The molecule has 204 valence electrons. The standard InChI is InChI=1S/C31H32FN7O/c1-20-8-7-11-26(21(20)2)37-14-16-38(17-15-37)31-34-28(24-13-12-23(40-3)18-25(24)32)27-29(33)39(36-30(27)35-31)19-22-9-5-4-6-10-22/h4-13,18H,14-17,19,33H2,1-3H3. The van der Waals surface area contributed by atoms with Crippen molar-refractivity contribution in [3.05, 3.63) is 89.2 Å². The van der Waals surface area contributed by atoms with Gasteiger partial charge in [-0.3, -0.25) is 0 Å². The van der Waals surface area contributed by atoms with E-state index in [0.717, 1.165) is 31.7 Å². The number of nitrogen functional groups attached to an aromatic ring is 1. The van der Waals surface area contributed by atoms with E-state index in [4.69, 9.17) is 25.5 Å². The van der Waals surface area contributed by atoms with Gasteiger partial charge in [0.2, 0.25) is 5.95 Å². The lowest BCUT2D eigenvalue weighted by Gasteiger charge is -2.37. The Kier molecular flexibility index (Phi) is 6.71. The van der Waals surface area contributed by atoms with Gasteiger partial charge in [-0.25, -0.2) is 14.1 Å². The van der Waals surface area contributed by atoms with E-state index in [9.17, 15) is 0 Å². The normalized spacial score (nSPS) is 13.7. The van der Waals surface area contributed by atoms with Gasteiger partial charge in [-0.2, -0.15) is 4.98 Å². The zero-order valence-corrected chi connectivity index (χ0v) is 22.9. The molecule has 0 aliphatic carbocycles. The molecule has 0 unspecified atom stereocenters. The molecule has 0 atom stereocenters. The predicted octanol–water partition coefficient (Wildman–Crippen LogP) is 5.21. The Morgan fingerprint density at radius 1 is 0.900 bits per heavy atom. The third kappa shape index (κ3) is 4.68. The average Bonchev–Trinajstić information content (AvgIpc) is 3.29. The maximum atomic E-state index is 15.4. The summed E-state index contributed by atoms with van der Waals surface area (Å²) in [7, 11) is 1.51. The molecule has 1 aliphatic heterocycles. The molecule has 8 nitrogen and oxygen atoms in total. The van der Waals surface area contributed by atoms with Gasteiger partial charge in [0.05, 0.1) is 24.7 Å². The van der Waals surface area contributed by atoms with Crippen molar-refractivity contribution < 1.29 is 9.13 Å². The van der Waals surface area contributed by atoms with Gasteiger partial charge in [-0.15, -0.1) is 5.10 Å². The van der Waals surface area contributed by atoms with Gasteiger partial charge in [0, 0.05) is 43.5 Å². The first-order valence-electron chi connectivity index (χ1n) is 13.4. The topological polar surface area (TPSA) is 85.3 Å². The van der Waals surface area contributed by atoms with E-state index in [0.29, 0.717) is 46.4 Å². The summed E-state index contributed by atoms with van der Waals surface area (Å²) in [6.07, 6.45) is 0. The van der Waals surface area contributed by atoms with Crippen LogP contribution in [0.3, 0.4) is 0 Å². The lowest BCUT2D eigenvalue weighted by Crippen LogP contribution is -2.47. The smallest absolute Gasteiger partial charge is 0.228 e. The second-order valence-electron chi connectivity index (χ2n) is 10.1. The zero-order valence-electron chi connectivity index (χ0n) is 22.9. The van der Waals surface area contributed by atoms with Gasteiger partial charge in [0.15, 0.2) is 5.65 Å². The number of methoxy groups -OCH3 is 1. The lowest BCUT2D eigenvalue weighted by molar-refractivity contribution is 0.411. The molecule has 1 saturated heterocycles. The van der Waals surface area contributed by atoms with Crippen LogP contribution in [0.4, 0.5) is 21.8 Å². The number of halogens is 1. The number of rotatable bonds is 6. The lowest BCUT2D eigenvalue weighted by atomic mass is 10.1. The summed E-state index contributed by atoms with van der Waals surface area (Å²) in [5, 5.41) is 5.29. The van der Waals surface area contributed by atoms with Crippen molar-refractivity contribution in [2.75, 3.05) is 48.8 Å². The summed E-state index contributed by atoms with van der Waals surface area (Å²) in [5.41, 5.74) is 12.7. The van der Waals surface area contributed by atoms with Crippen LogP contribution in [0.2, 0.25) is 0 Å². The van der Waals surface area contributed by atoms with Gasteiger partial charge in [0.1, 0.15) is 17.4 Å². The third-order valence-corrected chi connectivity index (χ3v) is 7.71. The number of fused-ring (bicyclic) bond motifs is 1. The number of hydrogen-bond acceptors (Lipinski definition) is 7. The van der Waals surface area contributed by atoms with Crippen molar-refractivity contribution in [2.45, 2.75) is 20.4 Å². The van der Waals surface area contributed by atoms with Crippen molar-refractivity contribution in [1.29, 1.82) is 0 Å². The first-order chi connectivity index (χ1) is 19.4. The third-order valence-electron chi connectivity index (χ3n) is 7.71. The van der Waals surface area contributed by atoms with E-state index in [1.807, 2.05) is 30.3 Å². The number of nitrogens with zero attached hydrogens (tertiary/aromatic N) is 6. The molecule has 3 aromatic carbocycles. The highest BCUT2D eigenvalue weighted by molar-refractivity contribution is 5.99. The average molecular weight is 538 g/mol. The quantitative estimate of drug-likeness (QED) is 0.318. The van der Waals surface area contributed by atoms with Crippen LogP contribution < -0.4 is 20.3 Å². The molecular formula is C31H32FN7O. The Balaban J connectivity index is 1.39. The molecular weight excluding hydrogens is 505 g/mol. The maximum absolute atomic E-state index is 15.4. The van der Waals surface area contributed by atoms with E-state index in [1.165, 1.54) is 30.0 Å². The number of piperazine rings is 1. The Morgan fingerprint density at radius 2 is 1.65 bits per heavy atom. The molecule has 0 amide bonds. The Hall–Kier alpha value is -4.66. The molecule has 5 aromatic rings. The molecule has 3 heterocycles. The summed E-state index contributed by atoms with van der Waals surface area (Å²) in [6, 6.07) is 21.1. The molecule has 0 saturated carbocycles. The molecule has 0 spiro atoms. The number of ether oxygens (including phenoxy) is 1. The van der Waals surface area contributed by atoms with Gasteiger partial charge < -0.3 is 20.3 Å². The van der Waals surface area contributed by atoms with Crippen LogP contribution in [0, 0.1) is 19.7 Å². The predicted molar refractivity (Wildman–Crippen MR) is 158 cm³/mol. The number of anilines is 3. The van der Waals surface area contributed by atoms with Crippen molar-refractivity contribution >= 4 is 28.5 Å². The fourth-order valence-corrected chi connectivity index (χ4v) is 5.30. The number of hydrogen-bond donors (Lipinski definition) is 1. The maximum Gasteiger partial charge on any atom is 0.228 e. The molecule has 9 heteroatoms. The monoisotopic (exact) mass is 537 g/mol. The highest BCUT2D eigenvalue weighted by atomic mass is 19.1. The summed E-state index contributed by atoms with van der Waals surface area (Å²) >= 11 is 0. The molecule has 1 aliphatic rings. The first-order valence-corrected chi connectivity index (χ1v) is 13.4. The van der Waals surface area contributed by atoms with Crippen LogP contribution in [0.5, 0.6) is 5.75 Å². The second kappa shape index (κ2) is 10.5. The van der Waals surface area contributed by atoms with E-state index < -0.39 is 5.82 Å². The summed E-state index contributed by atoms with van der Waals surface area (Å²) in [4.78, 5) is 14.3. The molecule has 0 radical (unpaired) electrons. The van der Waals surface area contributed by atoms with Gasteiger partial charge >= 0.3 is 0 Å². The summed E-state index contributed by atoms with van der Waals surface area (Å²) in [5.74, 6) is 0.903. The molecule has 2 aromatic heterocycles. The van der Waals surface area contributed by atoms with E-state index in [1.54, 1.807) is 16.8 Å². The minimum atomic E-state index is -0.444. The SMILES string of the molecule is COc1ccc(-c2nc(N3CCN(c4cccc(C)c4C)CC3)nc3nn(Cc4ccccc4)c(N)c23)c(F)c1. The van der Waals surface area contributed by atoms with Gasteiger partial charge in [0.25, 0.3) is 0 Å². The Labute approximate surface area is 232 Å². The van der Waals surface area contributed by atoms with E-state index >= 15 is 4.39 Å². The number of benzene rings is 3. The van der Waals surface area contributed by atoms with Gasteiger partial charge in [-0.05, 0) is 48.7 Å². The molecule has 0 bridgehead atoms. The van der Waals surface area contributed by atoms with Crippen LogP contribution in [-0.4, -0.2) is 53.0 Å². The highest BCUT2D eigenvalue weighted by Crippen LogP contribution is 2.35. The van der Waals surface area contributed by atoms with Crippen molar-refractivity contribution in [1.82, 2.24) is 19.7 Å². The van der Waals surface area contributed by atoms with E-state index in [2.05, 4.69) is 41.8 Å². The number of nitrogens with two attached hydrogens (primary N) is 1. The second-order valence-corrected chi connectivity index (χ2v) is 10.1. The Morgan fingerprint density at radius 3 is 2.38 bits per heavy atom. The van der Waals surface area contributed by atoms with Gasteiger partial charge in [-0.1, -0.05) is 42.5 Å². The molecule has 2 N–H and O–H groups in total. The highest BCUT2D eigenvalue weighted by Gasteiger charge is 2.25. The number of aromatic nitrogens is 4. The van der Waals surface area contributed by atoms with Crippen molar-refractivity contribution in [3.63, 3.8) is 0 Å². The van der Waals surface area contributed by atoms with Crippen LogP contribution >= 0.6 is 0 Å². The minimum Gasteiger partial charge on any atom is -0.497 e. The zero-order chi connectivity index (χ0) is 27.8. The fraction of sp³-hybridized carbons (Fsp3) is 0.258.